The number of nitrogens with one attached hydrogen (secondary N) is 2. The molecule has 2 N–H and O–H groups in total. The van der Waals surface area contributed by atoms with Crippen LogP contribution in [-0.2, 0) is 14.8 Å². The Bertz CT molecular complexity index is 500. The van der Waals surface area contributed by atoms with Gasteiger partial charge < -0.3 is 15.4 Å². The SMILES string of the molecule is CCOC(CCNC(=NC)NC1CCN(S(=O)(=O)CC)CC1)C(C)C. The number of aliphatic imine (C=N–C) groups is 1. The molecule has 1 heterocycles. The molecule has 0 aromatic heterocycles. The summed E-state index contributed by atoms with van der Waals surface area (Å²) >= 11 is 0. The highest BCUT2D eigenvalue weighted by Gasteiger charge is 2.27. The van der Waals surface area contributed by atoms with Crippen LogP contribution in [0.1, 0.15) is 47.0 Å². The van der Waals surface area contributed by atoms with Gasteiger partial charge in [0.25, 0.3) is 0 Å². The first-order valence-electron chi connectivity index (χ1n) is 9.40. The van der Waals surface area contributed by atoms with Gasteiger partial charge in [-0.3, -0.25) is 4.99 Å². The fourth-order valence-corrected chi connectivity index (χ4v) is 4.14. The third-order valence-electron chi connectivity index (χ3n) is 4.62. The molecule has 8 heteroatoms. The van der Waals surface area contributed by atoms with E-state index in [1.165, 1.54) is 0 Å². The van der Waals surface area contributed by atoms with Gasteiger partial charge >= 0.3 is 0 Å². The maximum Gasteiger partial charge on any atom is 0.213 e. The van der Waals surface area contributed by atoms with Crippen LogP contribution in [0.3, 0.4) is 0 Å². The number of rotatable bonds is 9. The van der Waals surface area contributed by atoms with Crippen molar-refractivity contribution in [2.75, 3.05) is 39.0 Å². The normalized spacial score (nSPS) is 19.2. The molecule has 148 valence electrons. The van der Waals surface area contributed by atoms with E-state index in [4.69, 9.17) is 4.74 Å². The average Bonchev–Trinajstić information content (AvgIpc) is 2.60. The molecule has 0 aliphatic carbocycles. The number of nitrogens with zero attached hydrogens (tertiary/aromatic N) is 2. The molecule has 1 unspecified atom stereocenters. The summed E-state index contributed by atoms with van der Waals surface area (Å²) in [6, 6.07) is 0.252. The van der Waals surface area contributed by atoms with Gasteiger partial charge in [-0.2, -0.15) is 0 Å². The average molecular weight is 377 g/mol. The summed E-state index contributed by atoms with van der Waals surface area (Å²) in [5.74, 6) is 1.43. The Balaban J connectivity index is 2.38. The molecule has 0 radical (unpaired) electrons. The monoisotopic (exact) mass is 376 g/mol. The molecule has 0 aromatic carbocycles. The third-order valence-corrected chi connectivity index (χ3v) is 6.50. The van der Waals surface area contributed by atoms with Crippen LogP contribution in [0.4, 0.5) is 0 Å². The van der Waals surface area contributed by atoms with Gasteiger partial charge in [-0.1, -0.05) is 13.8 Å². The summed E-state index contributed by atoms with van der Waals surface area (Å²) < 4.78 is 31.2. The summed E-state index contributed by atoms with van der Waals surface area (Å²) in [4.78, 5) is 4.28. The molecule has 1 rings (SSSR count). The number of sulfonamides is 1. The van der Waals surface area contributed by atoms with Crippen molar-refractivity contribution in [3.05, 3.63) is 0 Å². The van der Waals surface area contributed by atoms with Gasteiger partial charge in [0.05, 0.1) is 11.9 Å². The number of piperidine rings is 1. The second-order valence-corrected chi connectivity index (χ2v) is 9.00. The van der Waals surface area contributed by atoms with E-state index in [0.717, 1.165) is 38.4 Å². The van der Waals surface area contributed by atoms with Crippen molar-refractivity contribution in [3.63, 3.8) is 0 Å². The second-order valence-electron chi connectivity index (χ2n) is 6.74. The highest BCUT2D eigenvalue weighted by atomic mass is 32.2. The molecule has 1 atom stereocenters. The van der Waals surface area contributed by atoms with Crippen LogP contribution in [0.2, 0.25) is 0 Å². The van der Waals surface area contributed by atoms with Crippen LogP contribution in [0, 0.1) is 5.92 Å². The van der Waals surface area contributed by atoms with Crippen LogP contribution in [0.5, 0.6) is 0 Å². The van der Waals surface area contributed by atoms with E-state index in [2.05, 4.69) is 29.5 Å². The zero-order valence-corrected chi connectivity index (χ0v) is 17.2. The van der Waals surface area contributed by atoms with Crippen molar-refractivity contribution in [1.82, 2.24) is 14.9 Å². The van der Waals surface area contributed by atoms with E-state index in [-0.39, 0.29) is 17.9 Å². The summed E-state index contributed by atoms with van der Waals surface area (Å²) in [6.07, 6.45) is 2.78. The minimum Gasteiger partial charge on any atom is -0.378 e. The summed E-state index contributed by atoms with van der Waals surface area (Å²) in [6.45, 7) is 10.7. The Labute approximate surface area is 153 Å². The third kappa shape index (κ3) is 7.50. The molecule has 1 fully saturated rings. The predicted octanol–water partition coefficient (Wildman–Crippen LogP) is 1.42. The van der Waals surface area contributed by atoms with E-state index in [1.807, 2.05) is 6.92 Å². The standard InChI is InChI=1S/C17H36N4O3S/c1-6-24-16(14(3)4)8-11-19-17(18-5)20-15-9-12-21(13-10-15)25(22,23)7-2/h14-16H,6-13H2,1-5H3,(H2,18,19,20). The first-order chi connectivity index (χ1) is 11.8. The van der Waals surface area contributed by atoms with Crippen LogP contribution >= 0.6 is 0 Å². The molecule has 0 saturated carbocycles. The van der Waals surface area contributed by atoms with Crippen LogP contribution in [-0.4, -0.2) is 69.9 Å². The van der Waals surface area contributed by atoms with Gasteiger partial charge in [0.1, 0.15) is 0 Å². The lowest BCUT2D eigenvalue weighted by atomic mass is 10.0. The maximum atomic E-state index is 11.9. The molecule has 7 nitrogen and oxygen atoms in total. The summed E-state index contributed by atoms with van der Waals surface area (Å²) in [7, 11) is -1.31. The Morgan fingerprint density at radius 2 is 1.92 bits per heavy atom. The smallest absolute Gasteiger partial charge is 0.213 e. The van der Waals surface area contributed by atoms with E-state index < -0.39 is 10.0 Å². The first-order valence-corrected chi connectivity index (χ1v) is 11.0. The molecular formula is C17H36N4O3S. The second kappa shape index (κ2) is 11.0. The van der Waals surface area contributed by atoms with E-state index in [0.29, 0.717) is 19.0 Å². The topological polar surface area (TPSA) is 83.0 Å². The Hall–Kier alpha value is -0.860. The van der Waals surface area contributed by atoms with Crippen LogP contribution < -0.4 is 10.6 Å². The number of guanidine groups is 1. The van der Waals surface area contributed by atoms with Crippen LogP contribution in [0.15, 0.2) is 4.99 Å². The van der Waals surface area contributed by atoms with Crippen molar-refractivity contribution in [2.45, 2.75) is 59.1 Å². The van der Waals surface area contributed by atoms with E-state index in [9.17, 15) is 8.42 Å². The Morgan fingerprint density at radius 3 is 2.40 bits per heavy atom. The minimum absolute atomic E-state index is 0.172. The molecule has 25 heavy (non-hydrogen) atoms. The van der Waals surface area contributed by atoms with Gasteiger partial charge in [-0.15, -0.1) is 0 Å². The molecule has 0 amide bonds. The van der Waals surface area contributed by atoms with Crippen molar-refractivity contribution in [3.8, 4) is 0 Å². The number of hydrogen-bond acceptors (Lipinski definition) is 4. The summed E-state index contributed by atoms with van der Waals surface area (Å²) in [5, 5.41) is 6.75. The maximum absolute atomic E-state index is 11.9. The highest BCUT2D eigenvalue weighted by Crippen LogP contribution is 2.14. The lowest BCUT2D eigenvalue weighted by molar-refractivity contribution is 0.0258. The molecule has 0 bridgehead atoms. The van der Waals surface area contributed by atoms with Crippen molar-refractivity contribution >= 4 is 16.0 Å². The van der Waals surface area contributed by atoms with Gasteiger partial charge in [-0.05, 0) is 39.0 Å². The molecular weight excluding hydrogens is 340 g/mol. The van der Waals surface area contributed by atoms with Crippen LogP contribution in [0.25, 0.3) is 0 Å². The predicted molar refractivity (Wildman–Crippen MR) is 103 cm³/mol. The number of ether oxygens (including phenoxy) is 1. The fourth-order valence-electron chi connectivity index (χ4n) is 3.00. The molecule has 1 aliphatic heterocycles. The van der Waals surface area contributed by atoms with Gasteiger partial charge in [0.2, 0.25) is 10.0 Å². The van der Waals surface area contributed by atoms with E-state index >= 15 is 0 Å². The van der Waals surface area contributed by atoms with Gasteiger partial charge in [0, 0.05) is 39.3 Å². The van der Waals surface area contributed by atoms with Crippen molar-refractivity contribution in [1.29, 1.82) is 0 Å². The lowest BCUT2D eigenvalue weighted by Crippen LogP contribution is -2.50. The lowest BCUT2D eigenvalue weighted by Gasteiger charge is -2.32. The quantitative estimate of drug-likeness (QED) is 0.470. The van der Waals surface area contributed by atoms with Gasteiger partial charge in [0.15, 0.2) is 5.96 Å². The summed E-state index contributed by atoms with van der Waals surface area (Å²) in [5.41, 5.74) is 0. The zero-order chi connectivity index (χ0) is 18.9. The van der Waals surface area contributed by atoms with Crippen molar-refractivity contribution in [2.24, 2.45) is 10.9 Å². The van der Waals surface area contributed by atoms with E-state index in [1.54, 1.807) is 18.3 Å². The molecule has 0 aromatic rings. The number of hydrogen-bond donors (Lipinski definition) is 2. The molecule has 1 saturated heterocycles. The Kier molecular flexibility index (Phi) is 9.74. The minimum atomic E-state index is -3.07. The first kappa shape index (κ1) is 22.2. The zero-order valence-electron chi connectivity index (χ0n) is 16.4. The fraction of sp³-hybridized carbons (Fsp3) is 0.941. The van der Waals surface area contributed by atoms with Gasteiger partial charge in [-0.25, -0.2) is 12.7 Å². The van der Waals surface area contributed by atoms with Crippen molar-refractivity contribution < 1.29 is 13.2 Å². The largest absolute Gasteiger partial charge is 0.378 e. The molecule has 0 spiro atoms. The molecule has 1 aliphatic rings. The highest BCUT2D eigenvalue weighted by molar-refractivity contribution is 7.89. The Morgan fingerprint density at radius 1 is 1.28 bits per heavy atom.